The lowest BCUT2D eigenvalue weighted by atomic mass is 10.3. The highest BCUT2D eigenvalue weighted by atomic mass is 16.2. The molecular formula is C4H5N2O2. The van der Waals surface area contributed by atoms with Crippen LogP contribution in [0.5, 0.6) is 0 Å². The van der Waals surface area contributed by atoms with E-state index >= 15 is 0 Å². The van der Waals surface area contributed by atoms with Gasteiger partial charge in [0.2, 0.25) is 0 Å². The summed E-state index contributed by atoms with van der Waals surface area (Å²) in [5.74, 6) is -0.107. The Morgan fingerprint density at radius 2 is 2.25 bits per heavy atom. The topological polar surface area (TPSA) is 58.2 Å². The van der Waals surface area contributed by atoms with Crippen LogP contribution in [0.25, 0.3) is 0 Å². The molecule has 1 fully saturated rings. The summed E-state index contributed by atoms with van der Waals surface area (Å²) in [6.07, 6.45) is 0. The van der Waals surface area contributed by atoms with Crippen molar-refractivity contribution in [3.05, 3.63) is 6.54 Å². The van der Waals surface area contributed by atoms with E-state index in [0.717, 1.165) is 6.54 Å². The number of hydrogen-bond acceptors (Lipinski definition) is 2. The number of amides is 2. The predicted molar refractivity (Wildman–Crippen MR) is 25.8 cm³/mol. The van der Waals surface area contributed by atoms with Gasteiger partial charge in [-0.1, -0.05) is 0 Å². The lowest BCUT2D eigenvalue weighted by Crippen LogP contribution is -2.45. The molecule has 0 bridgehead atoms. The molecule has 1 aliphatic heterocycles. The highest BCUT2D eigenvalue weighted by Crippen LogP contribution is 1.80. The fourth-order valence-electron chi connectivity index (χ4n) is 0.415. The van der Waals surface area contributed by atoms with Gasteiger partial charge < -0.3 is 10.6 Å². The largest absolute Gasteiger partial charge is 0.331 e. The van der Waals surface area contributed by atoms with Crippen molar-refractivity contribution in [2.45, 2.75) is 0 Å². The third kappa shape index (κ3) is 0.959. The summed E-state index contributed by atoms with van der Waals surface area (Å²) < 4.78 is 0. The molecule has 2 N–H and O–H groups in total. The summed E-state index contributed by atoms with van der Waals surface area (Å²) >= 11 is 0. The molecule has 8 heavy (non-hydrogen) atoms. The minimum Gasteiger partial charge on any atom is -0.331 e. The average molecular weight is 113 g/mol. The molecule has 1 rings (SSSR count). The zero-order chi connectivity index (χ0) is 5.98. The van der Waals surface area contributed by atoms with Crippen molar-refractivity contribution in [3.63, 3.8) is 0 Å². The van der Waals surface area contributed by atoms with Crippen LogP contribution in [0, 0.1) is 6.54 Å². The molecule has 0 spiro atoms. The van der Waals surface area contributed by atoms with Crippen LogP contribution in [0.3, 0.4) is 0 Å². The first-order valence-corrected chi connectivity index (χ1v) is 2.19. The number of urea groups is 1. The second kappa shape index (κ2) is 1.81. The molecular weight excluding hydrogens is 108 g/mol. The van der Waals surface area contributed by atoms with E-state index in [1.807, 2.05) is 0 Å². The van der Waals surface area contributed by atoms with Gasteiger partial charge >= 0.3 is 6.03 Å². The molecule has 1 heterocycles. The predicted octanol–water partition coefficient (Wildman–Crippen LogP) is -0.970. The Labute approximate surface area is 46.3 Å². The zero-order valence-electron chi connectivity index (χ0n) is 4.10. The number of carbonyl (C=O) groups is 2. The summed E-state index contributed by atoms with van der Waals surface area (Å²) in [7, 11) is 0. The van der Waals surface area contributed by atoms with Crippen LogP contribution < -0.4 is 10.6 Å². The van der Waals surface area contributed by atoms with Crippen molar-refractivity contribution in [2.24, 2.45) is 0 Å². The van der Waals surface area contributed by atoms with Gasteiger partial charge in [0.1, 0.15) is 6.54 Å². The molecule has 43 valence electrons. The van der Waals surface area contributed by atoms with Gasteiger partial charge in [-0.05, 0) is 0 Å². The third-order valence-electron chi connectivity index (χ3n) is 0.787. The number of rotatable bonds is 0. The van der Waals surface area contributed by atoms with Gasteiger partial charge in [0.05, 0.1) is 6.54 Å². The molecule has 0 unspecified atom stereocenters. The molecule has 2 amide bonds. The summed E-state index contributed by atoms with van der Waals surface area (Å²) in [5, 5.41) is 4.51. The Hall–Kier alpha value is -1.06. The van der Waals surface area contributed by atoms with Gasteiger partial charge in [-0.3, -0.25) is 4.79 Å². The minimum absolute atomic E-state index is 0.107. The van der Waals surface area contributed by atoms with Crippen LogP contribution in [0.4, 0.5) is 4.79 Å². The van der Waals surface area contributed by atoms with E-state index in [0.29, 0.717) is 0 Å². The minimum atomic E-state index is -0.315. The summed E-state index contributed by atoms with van der Waals surface area (Å²) in [4.78, 5) is 20.5. The van der Waals surface area contributed by atoms with E-state index in [4.69, 9.17) is 0 Å². The van der Waals surface area contributed by atoms with Crippen molar-refractivity contribution < 1.29 is 9.59 Å². The number of Topliss-reactive ketones (excluding diaryl/α,β-unsaturated/α-hetero) is 1. The smallest absolute Gasteiger partial charge is 0.315 e. The Balaban J connectivity index is 2.40. The van der Waals surface area contributed by atoms with E-state index in [1.54, 1.807) is 0 Å². The van der Waals surface area contributed by atoms with Gasteiger partial charge in [0.15, 0.2) is 5.78 Å². The number of hydrogen-bond donors (Lipinski definition) is 2. The van der Waals surface area contributed by atoms with Gasteiger partial charge in [-0.2, -0.15) is 0 Å². The quantitative estimate of drug-likeness (QED) is 0.424. The molecule has 1 radical (unpaired) electrons. The van der Waals surface area contributed by atoms with E-state index in [1.165, 1.54) is 0 Å². The van der Waals surface area contributed by atoms with Crippen LogP contribution in [0.2, 0.25) is 0 Å². The monoisotopic (exact) mass is 113 g/mol. The zero-order valence-corrected chi connectivity index (χ0v) is 4.10. The first-order chi connectivity index (χ1) is 3.79. The van der Waals surface area contributed by atoms with Gasteiger partial charge in [-0.15, -0.1) is 0 Å². The normalized spacial score (nSPS) is 19.5. The first kappa shape index (κ1) is 5.08. The number of carbonyl (C=O) groups excluding carboxylic acids is 2. The molecule has 0 aromatic rings. The Kier molecular flexibility index (Phi) is 1.15. The van der Waals surface area contributed by atoms with Gasteiger partial charge in [0, 0.05) is 0 Å². The summed E-state index contributed by atoms with van der Waals surface area (Å²) in [6, 6.07) is -0.315. The molecule has 1 aliphatic rings. The SMILES string of the molecule is O=C1[CH]NC(=O)NC1. The summed E-state index contributed by atoms with van der Waals surface area (Å²) in [6.45, 7) is 1.27. The van der Waals surface area contributed by atoms with Crippen LogP contribution in [0.1, 0.15) is 0 Å². The lowest BCUT2D eigenvalue weighted by molar-refractivity contribution is -0.115. The molecule has 0 atom stereocenters. The second-order valence-electron chi connectivity index (χ2n) is 1.44. The van der Waals surface area contributed by atoms with Gasteiger partial charge in [0.25, 0.3) is 0 Å². The molecule has 0 aromatic heterocycles. The standard InChI is InChI=1S/C4H5N2O2/c7-3-1-5-4(8)6-2-3/h1H,2H2,(H2,5,6,8). The van der Waals surface area contributed by atoms with E-state index < -0.39 is 0 Å². The maximum Gasteiger partial charge on any atom is 0.315 e. The summed E-state index contributed by atoms with van der Waals surface area (Å²) in [5.41, 5.74) is 0. The van der Waals surface area contributed by atoms with Crippen LogP contribution >= 0.6 is 0 Å². The van der Waals surface area contributed by atoms with Crippen molar-refractivity contribution >= 4 is 11.8 Å². The van der Waals surface area contributed by atoms with Crippen molar-refractivity contribution in [1.29, 1.82) is 0 Å². The van der Waals surface area contributed by atoms with Gasteiger partial charge in [-0.25, -0.2) is 4.79 Å². The maximum absolute atomic E-state index is 10.3. The highest BCUT2D eigenvalue weighted by molar-refractivity contribution is 5.97. The Morgan fingerprint density at radius 3 is 2.62 bits per heavy atom. The van der Waals surface area contributed by atoms with Crippen molar-refractivity contribution in [2.75, 3.05) is 6.54 Å². The molecule has 4 heteroatoms. The number of ketones is 1. The van der Waals surface area contributed by atoms with Crippen LogP contribution in [0.15, 0.2) is 0 Å². The molecule has 0 aromatic carbocycles. The Bertz CT molecular complexity index is 104. The lowest BCUT2D eigenvalue weighted by Gasteiger charge is -2.10. The Morgan fingerprint density at radius 1 is 1.50 bits per heavy atom. The van der Waals surface area contributed by atoms with Crippen LogP contribution in [-0.4, -0.2) is 18.4 Å². The molecule has 4 nitrogen and oxygen atoms in total. The van der Waals surface area contributed by atoms with E-state index in [9.17, 15) is 9.59 Å². The maximum atomic E-state index is 10.3. The molecule has 0 aliphatic carbocycles. The molecule has 0 saturated carbocycles. The second-order valence-corrected chi connectivity index (χ2v) is 1.44. The van der Waals surface area contributed by atoms with E-state index in [2.05, 4.69) is 10.6 Å². The van der Waals surface area contributed by atoms with E-state index in [-0.39, 0.29) is 18.4 Å². The highest BCUT2D eigenvalue weighted by Gasteiger charge is 2.11. The first-order valence-electron chi connectivity index (χ1n) is 2.19. The third-order valence-corrected chi connectivity index (χ3v) is 0.787. The molecule has 1 saturated heterocycles. The van der Waals surface area contributed by atoms with Crippen molar-refractivity contribution in [1.82, 2.24) is 10.6 Å². The number of nitrogens with one attached hydrogen (secondary N) is 2. The fraction of sp³-hybridized carbons (Fsp3) is 0.250. The van der Waals surface area contributed by atoms with Crippen LogP contribution in [-0.2, 0) is 4.79 Å². The average Bonchev–Trinajstić information content (AvgIpc) is 1.77. The fourth-order valence-corrected chi connectivity index (χ4v) is 0.415. The van der Waals surface area contributed by atoms with Crippen molar-refractivity contribution in [3.8, 4) is 0 Å².